The average Bonchev–Trinajstić information content (AvgIpc) is 1.91. The Labute approximate surface area is 130 Å². The molecule has 0 fully saturated rings. The topological polar surface area (TPSA) is 0 Å². The Morgan fingerprint density at radius 3 is 0.684 bits per heavy atom. The van der Waals surface area contributed by atoms with Crippen LogP contribution in [0.25, 0.3) is 0 Å². The van der Waals surface area contributed by atoms with Crippen molar-refractivity contribution in [1.82, 2.24) is 0 Å². The molecule has 0 spiro atoms. The summed E-state index contributed by atoms with van der Waals surface area (Å²) in [6.45, 7) is 32.4. The van der Waals surface area contributed by atoms with Crippen LogP contribution in [-0.2, 0) is 0 Å². The minimum absolute atomic E-state index is 0.338. The predicted octanol–water partition coefficient (Wildman–Crippen LogP) is 8.07. The molecular weight excluding hydrogens is 349 g/mol. The fourth-order valence-corrected chi connectivity index (χ4v) is 120. The molecule has 19 heavy (non-hydrogen) atoms. The zero-order valence-corrected chi connectivity index (χ0v) is 22.0. The first-order chi connectivity index (χ1) is 7.97. The molecule has 0 aromatic heterocycles. The molecular formula is C12H36P3Si4-. The molecule has 0 aromatic carbocycles. The van der Waals surface area contributed by atoms with E-state index in [2.05, 4.69) is 78.6 Å². The van der Waals surface area contributed by atoms with E-state index in [1.807, 2.05) is 7.96 Å². The predicted molar refractivity (Wildman–Crippen MR) is 114 cm³/mol. The van der Waals surface area contributed by atoms with E-state index >= 15 is 0 Å². The van der Waals surface area contributed by atoms with Crippen molar-refractivity contribution in [3.63, 3.8) is 0 Å². The minimum atomic E-state index is -0.968. The molecule has 0 aliphatic heterocycles. The highest BCUT2D eigenvalue weighted by molar-refractivity contribution is 8.79. The first-order valence-electron chi connectivity index (χ1n) is 7.29. The van der Waals surface area contributed by atoms with Gasteiger partial charge in [0.2, 0.25) is 0 Å². The summed E-state index contributed by atoms with van der Waals surface area (Å²) >= 11 is 0. The lowest BCUT2D eigenvalue weighted by Crippen LogP contribution is -2.33. The summed E-state index contributed by atoms with van der Waals surface area (Å²) in [5.41, 5.74) is 0. The van der Waals surface area contributed by atoms with Crippen molar-refractivity contribution in [3.05, 3.63) is 0 Å². The van der Waals surface area contributed by atoms with Crippen LogP contribution < -0.4 is 0 Å². The molecule has 0 rings (SSSR count). The molecule has 0 N–H and O–H groups in total. The van der Waals surface area contributed by atoms with Gasteiger partial charge in [0.25, 0.3) is 0 Å². The van der Waals surface area contributed by atoms with Crippen molar-refractivity contribution in [2.45, 2.75) is 78.6 Å². The Bertz CT molecular complexity index is 236. The third-order valence-electron chi connectivity index (χ3n) is 2.72. The maximum Gasteiger partial charge on any atom is 0.0386 e. The smallest absolute Gasteiger partial charge is 0.0386 e. The molecule has 0 saturated carbocycles. The van der Waals surface area contributed by atoms with Gasteiger partial charge in [0.15, 0.2) is 0 Å². The van der Waals surface area contributed by atoms with Crippen LogP contribution in [0.3, 0.4) is 0 Å². The van der Waals surface area contributed by atoms with Crippen LogP contribution in [0, 0.1) is 0 Å². The second-order valence-corrected chi connectivity index (χ2v) is 61.4. The quantitative estimate of drug-likeness (QED) is 0.320. The van der Waals surface area contributed by atoms with Crippen molar-refractivity contribution in [1.29, 1.82) is 0 Å². The molecule has 0 bridgehead atoms. The largest absolute Gasteiger partial charge is 0.492 e. The van der Waals surface area contributed by atoms with Crippen molar-refractivity contribution in [3.8, 4) is 0 Å². The molecule has 0 saturated heterocycles. The molecule has 0 aliphatic rings. The van der Waals surface area contributed by atoms with Gasteiger partial charge in [0.1, 0.15) is 0 Å². The fraction of sp³-hybridized carbons (Fsp3) is 1.00. The highest BCUT2D eigenvalue weighted by atomic mass is 32.6. The Morgan fingerprint density at radius 1 is 0.421 bits per heavy atom. The van der Waals surface area contributed by atoms with Gasteiger partial charge in [-0.2, -0.15) is 0 Å². The molecule has 0 nitrogen and oxygen atoms in total. The monoisotopic (exact) mass is 385 g/mol. The van der Waals surface area contributed by atoms with Gasteiger partial charge >= 0.3 is 0 Å². The van der Waals surface area contributed by atoms with E-state index < -0.39 is 31.0 Å². The van der Waals surface area contributed by atoms with Gasteiger partial charge in [-0.1, -0.05) is 78.6 Å². The van der Waals surface area contributed by atoms with Crippen molar-refractivity contribution >= 4 is 52.3 Å². The molecule has 0 atom stereocenters. The van der Waals surface area contributed by atoms with Gasteiger partial charge in [-0.3, -0.25) is 13.4 Å². The van der Waals surface area contributed by atoms with Crippen LogP contribution in [0.1, 0.15) is 0 Å². The highest BCUT2D eigenvalue weighted by Gasteiger charge is 2.35. The first-order valence-corrected chi connectivity index (χ1v) is 29.6. The fourth-order valence-electron chi connectivity index (χ4n) is 2.64. The third kappa shape index (κ3) is 7.31. The molecule has 0 radical (unpaired) electrons. The molecule has 0 aliphatic carbocycles. The van der Waals surface area contributed by atoms with Gasteiger partial charge in [0, 0.05) is 31.0 Å². The van der Waals surface area contributed by atoms with Crippen molar-refractivity contribution < 1.29 is 0 Å². The molecule has 0 heterocycles. The van der Waals surface area contributed by atoms with Gasteiger partial charge in [0.05, 0.1) is 0 Å². The molecule has 0 aromatic rings. The summed E-state index contributed by atoms with van der Waals surface area (Å²) in [4.78, 5) is 0. The summed E-state index contributed by atoms with van der Waals surface area (Å²) in [6, 6.07) is 0. The molecule has 0 amide bonds. The van der Waals surface area contributed by atoms with Crippen LogP contribution in [-0.4, -0.2) is 31.0 Å². The second-order valence-electron chi connectivity index (χ2n) is 9.40. The van der Waals surface area contributed by atoms with Gasteiger partial charge < -0.3 is 7.96 Å². The summed E-state index contributed by atoms with van der Waals surface area (Å²) in [5, 5.41) is 0. The maximum absolute atomic E-state index is 2.64. The SMILES string of the molecule is C[Si](C)(C)P([P-]P([Si](C)(C)C)[Si](C)(C)C)[Si](C)(C)C. The van der Waals surface area contributed by atoms with E-state index in [1.54, 1.807) is 0 Å². The number of rotatable bonds is 6. The lowest BCUT2D eigenvalue weighted by molar-refractivity contribution is 1.84. The Kier molecular flexibility index (Phi) is 7.49. The van der Waals surface area contributed by atoms with Gasteiger partial charge in [-0.25, -0.2) is 0 Å². The maximum atomic E-state index is 2.64. The van der Waals surface area contributed by atoms with Crippen LogP contribution in [0.4, 0.5) is 0 Å². The normalized spacial score (nSPS) is 15.5. The van der Waals surface area contributed by atoms with E-state index in [1.165, 1.54) is 0 Å². The van der Waals surface area contributed by atoms with E-state index in [4.69, 9.17) is 0 Å². The van der Waals surface area contributed by atoms with Crippen LogP contribution >= 0.6 is 21.4 Å². The molecule has 0 unspecified atom stereocenters. The van der Waals surface area contributed by atoms with Crippen LogP contribution in [0.2, 0.25) is 78.6 Å². The third-order valence-corrected chi connectivity index (χ3v) is 83.1. The van der Waals surface area contributed by atoms with E-state index in [0.29, 0.717) is 13.4 Å². The summed E-state index contributed by atoms with van der Waals surface area (Å²) in [5.74, 6) is 0. The molecule has 7 heteroatoms. The average molecular weight is 386 g/mol. The lowest BCUT2D eigenvalue weighted by atomic mass is 11.8. The zero-order valence-electron chi connectivity index (χ0n) is 15.3. The van der Waals surface area contributed by atoms with E-state index in [-0.39, 0.29) is 0 Å². The number of hydrogen-bond donors (Lipinski definition) is 0. The summed E-state index contributed by atoms with van der Waals surface area (Å²) in [6.07, 6.45) is 0. The highest BCUT2D eigenvalue weighted by Crippen LogP contribution is 2.85. The Morgan fingerprint density at radius 2 is 0.579 bits per heavy atom. The Balaban J connectivity index is 5.43. The van der Waals surface area contributed by atoms with Crippen molar-refractivity contribution in [2.24, 2.45) is 0 Å². The standard InChI is InChI=1S/C12H36P3Si4/c1-16(2,3)14(17(4,5)6)13-15(18(7,8)9)19(10,11)12/h1-12H3/q-1. The van der Waals surface area contributed by atoms with Crippen LogP contribution in [0.15, 0.2) is 0 Å². The van der Waals surface area contributed by atoms with Crippen molar-refractivity contribution in [2.75, 3.05) is 0 Å². The molecule has 116 valence electrons. The van der Waals surface area contributed by atoms with Crippen LogP contribution in [0.5, 0.6) is 0 Å². The lowest BCUT2D eigenvalue weighted by Gasteiger charge is -2.60. The van der Waals surface area contributed by atoms with E-state index in [0.717, 1.165) is 0 Å². The summed E-state index contributed by atoms with van der Waals surface area (Å²) in [7, 11) is -1.88. The minimum Gasteiger partial charge on any atom is -0.492 e. The summed E-state index contributed by atoms with van der Waals surface area (Å²) < 4.78 is 0. The number of hydrogen-bond acceptors (Lipinski definition) is 0. The first kappa shape index (κ1) is 21.2. The second kappa shape index (κ2) is 6.73. The zero-order chi connectivity index (χ0) is 15.9. The van der Waals surface area contributed by atoms with Gasteiger partial charge in [-0.05, 0) is 0 Å². The Hall–Kier alpha value is 2.16. The van der Waals surface area contributed by atoms with Gasteiger partial charge in [-0.15, -0.1) is 0 Å². The van der Waals surface area contributed by atoms with E-state index in [9.17, 15) is 0 Å².